The van der Waals surface area contributed by atoms with Gasteiger partial charge in [-0.1, -0.05) is 146 Å². The Labute approximate surface area is 367 Å². The average Bonchev–Trinajstić information content (AvgIpc) is 3.87. The van der Waals surface area contributed by atoms with Gasteiger partial charge in [0, 0.05) is 49.4 Å². The smallest absolute Gasteiger partial charge is 0.160 e. The topological polar surface area (TPSA) is 35.6 Å². The molecule has 11 aromatic carbocycles. The maximum atomic E-state index is 5.26. The molecule has 4 heteroatoms. The van der Waals surface area contributed by atoms with Crippen molar-refractivity contribution in [3.8, 4) is 34.0 Å². The number of rotatable bonds is 4. The van der Waals surface area contributed by atoms with E-state index in [0.717, 1.165) is 49.9 Å². The first-order valence-corrected chi connectivity index (χ1v) is 21.9. The van der Waals surface area contributed by atoms with Crippen molar-refractivity contribution in [3.05, 3.63) is 218 Å². The molecule has 0 aliphatic heterocycles. The Kier molecular flexibility index (Phi) is 7.36. The first-order valence-electron chi connectivity index (χ1n) is 21.9. The molecule has 0 amide bonds. The molecule has 0 unspecified atom stereocenters. The first kappa shape index (κ1) is 35.0. The molecule has 0 saturated heterocycles. The largest absolute Gasteiger partial charge is 0.309 e. The van der Waals surface area contributed by atoms with Crippen LogP contribution in [0.15, 0.2) is 218 Å². The van der Waals surface area contributed by atoms with E-state index in [1.807, 2.05) is 0 Å². The van der Waals surface area contributed by atoms with E-state index in [-0.39, 0.29) is 0 Å². The lowest BCUT2D eigenvalue weighted by atomic mass is 10.0. The Morgan fingerprint density at radius 3 is 1.69 bits per heavy atom. The van der Waals surface area contributed by atoms with E-state index in [9.17, 15) is 0 Å². The van der Waals surface area contributed by atoms with Crippen molar-refractivity contribution in [2.24, 2.45) is 0 Å². The highest BCUT2D eigenvalue weighted by molar-refractivity contribution is 6.22. The lowest BCUT2D eigenvalue weighted by Crippen LogP contribution is -1.97. The minimum atomic E-state index is 0.717. The Morgan fingerprint density at radius 1 is 0.281 bits per heavy atom. The molecule has 0 aliphatic carbocycles. The maximum Gasteiger partial charge on any atom is 0.160 e. The molecule has 0 saturated carbocycles. The highest BCUT2D eigenvalue weighted by Gasteiger charge is 2.19. The predicted molar refractivity (Wildman–Crippen MR) is 269 cm³/mol. The van der Waals surface area contributed by atoms with E-state index < -0.39 is 0 Å². The highest BCUT2D eigenvalue weighted by atomic mass is 15.0. The summed E-state index contributed by atoms with van der Waals surface area (Å²) in [5.41, 5.74) is 11.0. The number of fused-ring (bicyclic) bond motifs is 12. The van der Waals surface area contributed by atoms with Gasteiger partial charge in [-0.15, -0.1) is 0 Å². The van der Waals surface area contributed by atoms with Crippen molar-refractivity contribution in [3.63, 3.8) is 0 Å². The van der Waals surface area contributed by atoms with Crippen LogP contribution in [-0.4, -0.2) is 19.1 Å². The third-order valence-electron chi connectivity index (χ3n) is 13.4. The van der Waals surface area contributed by atoms with Crippen LogP contribution in [-0.2, 0) is 0 Å². The summed E-state index contributed by atoms with van der Waals surface area (Å²) >= 11 is 0. The fourth-order valence-corrected chi connectivity index (χ4v) is 10.4. The maximum absolute atomic E-state index is 5.26. The third kappa shape index (κ3) is 5.23. The van der Waals surface area contributed by atoms with Crippen LogP contribution in [0.4, 0.5) is 0 Å². The molecule has 0 radical (unpaired) electrons. The lowest BCUT2D eigenvalue weighted by Gasteiger charge is -2.12. The van der Waals surface area contributed by atoms with Crippen LogP contribution in [0.25, 0.3) is 132 Å². The van der Waals surface area contributed by atoms with Gasteiger partial charge in [0.1, 0.15) is 0 Å². The second-order valence-corrected chi connectivity index (χ2v) is 17.0. The summed E-state index contributed by atoms with van der Waals surface area (Å²) in [5.74, 6) is 0.717. The Balaban J connectivity index is 0.931. The molecule has 0 atom stereocenters. The summed E-state index contributed by atoms with van der Waals surface area (Å²) < 4.78 is 4.88. The monoisotopic (exact) mass is 812 g/mol. The molecule has 296 valence electrons. The van der Waals surface area contributed by atoms with E-state index in [0.29, 0.717) is 5.82 Å². The van der Waals surface area contributed by atoms with E-state index in [1.165, 1.54) is 75.9 Å². The number of nitrogens with zero attached hydrogens (tertiary/aromatic N) is 4. The molecule has 0 aliphatic rings. The Morgan fingerprint density at radius 2 is 0.812 bits per heavy atom. The highest BCUT2D eigenvalue weighted by Crippen LogP contribution is 2.41. The van der Waals surface area contributed by atoms with Crippen LogP contribution in [0.2, 0.25) is 0 Å². The fraction of sp³-hybridized carbons (Fsp3) is 0. The van der Waals surface area contributed by atoms with E-state index in [4.69, 9.17) is 9.97 Å². The molecule has 3 heterocycles. The van der Waals surface area contributed by atoms with Gasteiger partial charge in [0.05, 0.1) is 33.3 Å². The van der Waals surface area contributed by atoms with Crippen molar-refractivity contribution < 1.29 is 0 Å². The molecule has 3 aromatic heterocycles. The summed E-state index contributed by atoms with van der Waals surface area (Å²) in [6, 6.07) is 79.3. The second-order valence-electron chi connectivity index (χ2n) is 17.0. The van der Waals surface area contributed by atoms with Crippen molar-refractivity contribution >= 4 is 97.6 Å². The summed E-state index contributed by atoms with van der Waals surface area (Å²) in [6.07, 6.45) is 0. The number of hydrogen-bond donors (Lipinski definition) is 0. The van der Waals surface area contributed by atoms with Crippen LogP contribution in [0.1, 0.15) is 0 Å². The number of hydrogen-bond acceptors (Lipinski definition) is 2. The zero-order valence-electron chi connectivity index (χ0n) is 34.6. The molecular formula is C60H36N4. The number of benzene rings is 11. The van der Waals surface area contributed by atoms with Crippen molar-refractivity contribution in [1.29, 1.82) is 0 Å². The molecule has 0 bridgehead atoms. The van der Waals surface area contributed by atoms with Crippen LogP contribution >= 0.6 is 0 Å². The van der Waals surface area contributed by atoms with Crippen LogP contribution in [0.3, 0.4) is 0 Å². The molecule has 14 aromatic rings. The Bertz CT molecular complexity index is 4270. The molecule has 0 N–H and O–H groups in total. The van der Waals surface area contributed by atoms with Gasteiger partial charge in [0.2, 0.25) is 0 Å². The summed E-state index contributed by atoms with van der Waals surface area (Å²) in [6.45, 7) is 0. The summed E-state index contributed by atoms with van der Waals surface area (Å²) in [5, 5.41) is 15.7. The molecule has 14 rings (SSSR count). The normalized spacial score (nSPS) is 12.1. The zero-order valence-corrected chi connectivity index (χ0v) is 34.6. The van der Waals surface area contributed by atoms with Gasteiger partial charge in [0.25, 0.3) is 0 Å². The summed E-state index contributed by atoms with van der Waals surface area (Å²) in [7, 11) is 0. The van der Waals surface area contributed by atoms with E-state index in [2.05, 4.69) is 228 Å². The Hall–Kier alpha value is -8.60. The minimum absolute atomic E-state index is 0.717. The molecule has 0 spiro atoms. The van der Waals surface area contributed by atoms with Crippen molar-refractivity contribution in [2.75, 3.05) is 0 Å². The predicted octanol–water partition coefficient (Wildman–Crippen LogP) is 15.8. The number of para-hydroxylation sites is 2. The molecule has 4 nitrogen and oxygen atoms in total. The summed E-state index contributed by atoms with van der Waals surface area (Å²) in [4.78, 5) is 10.4. The van der Waals surface area contributed by atoms with Crippen LogP contribution in [0.5, 0.6) is 0 Å². The third-order valence-corrected chi connectivity index (χ3v) is 13.4. The van der Waals surface area contributed by atoms with Crippen LogP contribution in [0, 0.1) is 0 Å². The van der Waals surface area contributed by atoms with Crippen LogP contribution < -0.4 is 0 Å². The van der Waals surface area contributed by atoms with Crippen molar-refractivity contribution in [1.82, 2.24) is 19.1 Å². The van der Waals surface area contributed by atoms with Gasteiger partial charge in [-0.3, -0.25) is 0 Å². The average molecular weight is 813 g/mol. The molecular weight excluding hydrogens is 777 g/mol. The first-order chi connectivity index (χ1) is 31.7. The van der Waals surface area contributed by atoms with Gasteiger partial charge < -0.3 is 9.13 Å². The van der Waals surface area contributed by atoms with Gasteiger partial charge in [0.15, 0.2) is 5.82 Å². The number of aromatic nitrogens is 4. The molecule has 0 fully saturated rings. The van der Waals surface area contributed by atoms with E-state index >= 15 is 0 Å². The lowest BCUT2D eigenvalue weighted by molar-refractivity contribution is 1.17. The van der Waals surface area contributed by atoms with Gasteiger partial charge in [-0.2, -0.15) is 0 Å². The SMILES string of the molecule is c1ccc2cc(-c3nc(-c4ccc5cc(-n6c7ccc(-n8c9ccccc9c9c%10ccccc%10ccc98)cc7c7cc8ccccc8cc76)ccc5c4)nc4ccccc34)ccc2c1. The van der Waals surface area contributed by atoms with Gasteiger partial charge >= 0.3 is 0 Å². The molecule has 64 heavy (non-hydrogen) atoms. The van der Waals surface area contributed by atoms with Gasteiger partial charge in [-0.05, 0) is 116 Å². The van der Waals surface area contributed by atoms with E-state index in [1.54, 1.807) is 0 Å². The second kappa shape index (κ2) is 13.4. The van der Waals surface area contributed by atoms with Crippen molar-refractivity contribution in [2.45, 2.75) is 0 Å². The standard InChI is InChI=1S/C60H36N4/c1-2-13-39-31-44(23-21-37(39)11-1)59-49-17-7-9-19-53(49)61-60(62-59)45-24-22-43-33-46(27-25-42(43)32-45)64-55-30-28-47(36-52(55)51-34-40-14-3-4-15-41(40)35-57(51)64)63-54-20-10-8-18-50(54)58-48-16-6-5-12-38(48)26-29-56(58)63/h1-36H. The fourth-order valence-electron chi connectivity index (χ4n) is 10.4. The quantitative estimate of drug-likeness (QED) is 0.177. The zero-order chi connectivity index (χ0) is 41.9. The minimum Gasteiger partial charge on any atom is -0.309 e. The van der Waals surface area contributed by atoms with Gasteiger partial charge in [-0.25, -0.2) is 9.97 Å².